The third-order valence-corrected chi connectivity index (χ3v) is 11.0. The second-order valence-corrected chi connectivity index (χ2v) is 15.5. The fourth-order valence-corrected chi connectivity index (χ4v) is 7.90. The number of carbonyl (C=O) groups is 2. The van der Waals surface area contributed by atoms with Gasteiger partial charge in [0.2, 0.25) is 11.8 Å². The standard InChI is InChI=1S/C44H86N6O2/c1-3-5-7-9-13-19-25-41-39(23-17-8-6-4-2)29-30-40(24-18-12-10-15-21-27-43(51)49-37-35-47-33-31-45)42(41)26-20-14-11-16-22-28-44(52)50-38-36-48-34-32-46/h13,19,29-30,39-42,47-48H,3-12,14-18,20-28,31-38,45-46H2,1-2H3,(H,49,51)(H,50,52)/b19-13+. The van der Waals surface area contributed by atoms with Crippen LogP contribution >= 0.6 is 0 Å². The monoisotopic (exact) mass is 731 g/mol. The summed E-state index contributed by atoms with van der Waals surface area (Å²) in [5, 5.41) is 12.5. The van der Waals surface area contributed by atoms with E-state index in [1.807, 2.05) is 0 Å². The maximum absolute atomic E-state index is 12.2. The highest BCUT2D eigenvalue weighted by atomic mass is 16.2. The Labute approximate surface area is 321 Å². The molecular formula is C44H86N6O2. The molecule has 8 N–H and O–H groups in total. The Morgan fingerprint density at radius 3 is 1.52 bits per heavy atom. The van der Waals surface area contributed by atoms with Gasteiger partial charge in [0, 0.05) is 65.2 Å². The molecule has 0 fully saturated rings. The zero-order valence-electron chi connectivity index (χ0n) is 34.2. The molecule has 8 nitrogen and oxygen atoms in total. The second-order valence-electron chi connectivity index (χ2n) is 15.5. The molecule has 0 radical (unpaired) electrons. The van der Waals surface area contributed by atoms with Crippen LogP contribution in [0.5, 0.6) is 0 Å². The number of nitrogens with two attached hydrogens (primary N) is 2. The first-order valence-corrected chi connectivity index (χ1v) is 22.3. The van der Waals surface area contributed by atoms with E-state index >= 15 is 0 Å². The third kappa shape index (κ3) is 26.9. The van der Waals surface area contributed by atoms with E-state index < -0.39 is 0 Å². The van der Waals surface area contributed by atoms with Crippen LogP contribution in [0.25, 0.3) is 0 Å². The van der Waals surface area contributed by atoms with Crippen molar-refractivity contribution in [3.63, 3.8) is 0 Å². The molecule has 4 unspecified atom stereocenters. The summed E-state index contributed by atoms with van der Waals surface area (Å²) in [6, 6.07) is 0. The number of hydrogen-bond acceptors (Lipinski definition) is 6. The van der Waals surface area contributed by atoms with Gasteiger partial charge in [-0.25, -0.2) is 0 Å². The van der Waals surface area contributed by atoms with Gasteiger partial charge < -0.3 is 32.7 Å². The summed E-state index contributed by atoms with van der Waals surface area (Å²) in [4.78, 5) is 24.4. The predicted molar refractivity (Wildman–Crippen MR) is 224 cm³/mol. The van der Waals surface area contributed by atoms with Crippen LogP contribution < -0.4 is 32.7 Å². The molecule has 0 aliphatic heterocycles. The topological polar surface area (TPSA) is 134 Å². The molecule has 0 aromatic rings. The van der Waals surface area contributed by atoms with Crippen LogP contribution in [-0.2, 0) is 9.59 Å². The molecule has 0 heterocycles. The fraction of sp³-hybridized carbons (Fsp3) is 0.864. The van der Waals surface area contributed by atoms with E-state index in [9.17, 15) is 9.59 Å². The van der Waals surface area contributed by atoms with Crippen LogP contribution in [0.15, 0.2) is 24.3 Å². The number of unbranched alkanes of at least 4 members (excludes halogenated alkanes) is 14. The largest absolute Gasteiger partial charge is 0.355 e. The lowest BCUT2D eigenvalue weighted by atomic mass is 9.65. The van der Waals surface area contributed by atoms with Crippen molar-refractivity contribution in [3.8, 4) is 0 Å². The number of nitrogens with one attached hydrogen (secondary N) is 4. The van der Waals surface area contributed by atoms with Gasteiger partial charge in [0.15, 0.2) is 0 Å². The summed E-state index contributed by atoms with van der Waals surface area (Å²) in [6.45, 7) is 10.4. The third-order valence-electron chi connectivity index (χ3n) is 11.0. The van der Waals surface area contributed by atoms with Crippen molar-refractivity contribution in [2.75, 3.05) is 52.4 Å². The Morgan fingerprint density at radius 1 is 0.519 bits per heavy atom. The Hall–Kier alpha value is -1.74. The predicted octanol–water partition coefficient (Wildman–Crippen LogP) is 8.31. The van der Waals surface area contributed by atoms with Crippen molar-refractivity contribution in [1.82, 2.24) is 21.3 Å². The molecule has 52 heavy (non-hydrogen) atoms. The lowest BCUT2D eigenvalue weighted by molar-refractivity contribution is -0.122. The molecule has 0 aromatic carbocycles. The minimum atomic E-state index is 0.174. The van der Waals surface area contributed by atoms with Crippen LogP contribution in [0, 0.1) is 23.7 Å². The van der Waals surface area contributed by atoms with Crippen LogP contribution in [0.4, 0.5) is 0 Å². The van der Waals surface area contributed by atoms with Crippen LogP contribution in [-0.4, -0.2) is 64.2 Å². The van der Waals surface area contributed by atoms with Crippen molar-refractivity contribution >= 4 is 11.8 Å². The SMILES string of the molecule is CCCCC/C=C/CC1C(CCCCCC)C=CC(CCCCCCCC(=O)NCCNCCN)C1CCCCCCCC(=O)NCCNCCN. The molecule has 8 heteroatoms. The van der Waals surface area contributed by atoms with Gasteiger partial charge in [-0.05, 0) is 75.0 Å². The van der Waals surface area contributed by atoms with E-state index in [1.165, 1.54) is 116 Å². The molecular weight excluding hydrogens is 645 g/mol. The molecule has 304 valence electrons. The summed E-state index contributed by atoms with van der Waals surface area (Å²) in [7, 11) is 0. The smallest absolute Gasteiger partial charge is 0.220 e. The molecule has 0 saturated carbocycles. The summed E-state index contributed by atoms with van der Waals surface area (Å²) in [5.74, 6) is 3.27. The van der Waals surface area contributed by atoms with Gasteiger partial charge in [0.05, 0.1) is 0 Å². The van der Waals surface area contributed by atoms with Crippen LogP contribution in [0.2, 0.25) is 0 Å². The van der Waals surface area contributed by atoms with Crippen molar-refractivity contribution in [1.29, 1.82) is 0 Å². The molecule has 0 saturated heterocycles. The quantitative estimate of drug-likeness (QED) is 0.0281. The first kappa shape index (κ1) is 48.3. The Kier molecular flexibility index (Phi) is 33.7. The summed E-state index contributed by atoms with van der Waals surface area (Å²) in [5.41, 5.74) is 11.0. The van der Waals surface area contributed by atoms with Gasteiger partial charge in [0.1, 0.15) is 0 Å². The van der Waals surface area contributed by atoms with Gasteiger partial charge in [-0.2, -0.15) is 0 Å². The second kappa shape index (κ2) is 36.2. The lowest BCUT2D eigenvalue weighted by Gasteiger charge is -2.40. The number of amides is 2. The molecule has 0 spiro atoms. The maximum atomic E-state index is 12.2. The highest BCUT2D eigenvalue weighted by molar-refractivity contribution is 5.76. The van der Waals surface area contributed by atoms with E-state index in [4.69, 9.17) is 11.5 Å². The fourth-order valence-electron chi connectivity index (χ4n) is 7.90. The Morgan fingerprint density at radius 2 is 0.981 bits per heavy atom. The highest BCUT2D eigenvalue weighted by Crippen LogP contribution is 2.44. The Balaban J connectivity index is 2.65. The molecule has 1 aliphatic rings. The van der Waals surface area contributed by atoms with E-state index in [0.29, 0.717) is 50.9 Å². The normalized spacial score (nSPS) is 18.7. The average Bonchev–Trinajstić information content (AvgIpc) is 3.14. The van der Waals surface area contributed by atoms with E-state index in [-0.39, 0.29) is 11.8 Å². The van der Waals surface area contributed by atoms with Gasteiger partial charge in [-0.1, -0.05) is 128 Å². The average molecular weight is 731 g/mol. The number of hydrogen-bond donors (Lipinski definition) is 6. The summed E-state index contributed by atoms with van der Waals surface area (Å²) in [6.07, 6.45) is 39.2. The highest BCUT2D eigenvalue weighted by Gasteiger charge is 2.34. The van der Waals surface area contributed by atoms with E-state index in [1.54, 1.807) is 0 Å². The molecule has 0 bridgehead atoms. The maximum Gasteiger partial charge on any atom is 0.220 e. The van der Waals surface area contributed by atoms with Crippen molar-refractivity contribution < 1.29 is 9.59 Å². The summed E-state index contributed by atoms with van der Waals surface area (Å²) >= 11 is 0. The van der Waals surface area contributed by atoms with Crippen LogP contribution in [0.1, 0.15) is 168 Å². The minimum Gasteiger partial charge on any atom is -0.355 e. The number of carbonyl (C=O) groups excluding carboxylic acids is 2. The van der Waals surface area contributed by atoms with E-state index in [2.05, 4.69) is 59.4 Å². The lowest BCUT2D eigenvalue weighted by Crippen LogP contribution is -2.33. The number of rotatable bonds is 37. The summed E-state index contributed by atoms with van der Waals surface area (Å²) < 4.78 is 0. The Bertz CT molecular complexity index is 881. The van der Waals surface area contributed by atoms with Gasteiger partial charge in [0.25, 0.3) is 0 Å². The van der Waals surface area contributed by atoms with Gasteiger partial charge in [-0.3, -0.25) is 9.59 Å². The van der Waals surface area contributed by atoms with Gasteiger partial charge in [-0.15, -0.1) is 0 Å². The first-order valence-electron chi connectivity index (χ1n) is 22.3. The van der Waals surface area contributed by atoms with Crippen molar-refractivity contribution in [2.45, 2.75) is 168 Å². The van der Waals surface area contributed by atoms with Crippen molar-refractivity contribution in [3.05, 3.63) is 24.3 Å². The molecule has 4 atom stereocenters. The van der Waals surface area contributed by atoms with E-state index in [0.717, 1.165) is 63.7 Å². The zero-order valence-corrected chi connectivity index (χ0v) is 34.2. The number of allylic oxidation sites excluding steroid dienone is 4. The van der Waals surface area contributed by atoms with Crippen molar-refractivity contribution in [2.24, 2.45) is 35.1 Å². The van der Waals surface area contributed by atoms with Gasteiger partial charge >= 0.3 is 0 Å². The molecule has 1 rings (SSSR count). The minimum absolute atomic E-state index is 0.174. The zero-order chi connectivity index (χ0) is 37.7. The molecule has 1 aliphatic carbocycles. The van der Waals surface area contributed by atoms with Crippen LogP contribution in [0.3, 0.4) is 0 Å². The molecule has 2 amide bonds. The molecule has 0 aromatic heterocycles. The first-order chi connectivity index (χ1) is 25.6.